The Hall–Kier alpha value is -4.01. The predicted molar refractivity (Wildman–Crippen MR) is 110 cm³/mol. The van der Waals surface area contributed by atoms with E-state index in [2.05, 4.69) is 15.6 Å². The van der Waals surface area contributed by atoms with Crippen LogP contribution in [0.1, 0.15) is 11.1 Å². The number of hydrogen-bond acceptors (Lipinski definition) is 5. The van der Waals surface area contributed by atoms with E-state index in [1.54, 1.807) is 12.1 Å². The second kappa shape index (κ2) is 7.67. The van der Waals surface area contributed by atoms with Crippen molar-refractivity contribution in [3.05, 3.63) is 59.8 Å². The molecule has 1 aromatic heterocycles. The summed E-state index contributed by atoms with van der Waals surface area (Å²) < 4.78 is 10.6. The fourth-order valence-corrected chi connectivity index (χ4v) is 3.84. The molecule has 3 aromatic rings. The molecule has 0 unspecified atom stereocenters. The van der Waals surface area contributed by atoms with Gasteiger partial charge in [0.2, 0.25) is 12.7 Å². The fourth-order valence-electron chi connectivity index (χ4n) is 3.84. The number of H-pyrrole nitrogens is 1. The summed E-state index contributed by atoms with van der Waals surface area (Å²) in [4.78, 5) is 41.5. The van der Waals surface area contributed by atoms with Crippen molar-refractivity contribution in [1.82, 2.24) is 20.5 Å². The summed E-state index contributed by atoms with van der Waals surface area (Å²) in [6.45, 7) is 0.0918. The van der Waals surface area contributed by atoms with E-state index in [0.717, 1.165) is 26.9 Å². The lowest BCUT2D eigenvalue weighted by atomic mass is 10.1. The summed E-state index contributed by atoms with van der Waals surface area (Å²) in [6.07, 6.45) is 2.19. The quantitative estimate of drug-likeness (QED) is 0.525. The third-order valence-corrected chi connectivity index (χ3v) is 5.43. The largest absolute Gasteiger partial charge is 0.454 e. The number of urea groups is 1. The third kappa shape index (κ3) is 3.65. The molecule has 158 valence electrons. The minimum Gasteiger partial charge on any atom is -0.454 e. The second-order valence-electron chi connectivity index (χ2n) is 7.45. The highest BCUT2D eigenvalue weighted by Crippen LogP contribution is 2.32. The Morgan fingerprint density at radius 3 is 2.87 bits per heavy atom. The Bertz CT molecular complexity index is 1190. The number of para-hydroxylation sites is 1. The smallest absolute Gasteiger partial charge is 0.325 e. The first kappa shape index (κ1) is 19.0. The predicted octanol–water partition coefficient (Wildman–Crippen LogP) is 1.68. The molecular weight excluding hydrogens is 400 g/mol. The summed E-state index contributed by atoms with van der Waals surface area (Å²) in [6, 6.07) is 11.9. The van der Waals surface area contributed by atoms with Crippen molar-refractivity contribution in [3.8, 4) is 11.5 Å². The van der Waals surface area contributed by atoms with Crippen LogP contribution in [-0.4, -0.2) is 47.1 Å². The van der Waals surface area contributed by atoms with Gasteiger partial charge >= 0.3 is 6.03 Å². The van der Waals surface area contributed by atoms with Crippen molar-refractivity contribution in [1.29, 1.82) is 0 Å². The van der Waals surface area contributed by atoms with Crippen LogP contribution in [0.15, 0.2) is 48.7 Å². The van der Waals surface area contributed by atoms with Gasteiger partial charge in [-0.25, -0.2) is 4.79 Å². The van der Waals surface area contributed by atoms with E-state index < -0.39 is 23.9 Å². The lowest BCUT2D eigenvalue weighted by Crippen LogP contribution is -2.41. The van der Waals surface area contributed by atoms with Crippen molar-refractivity contribution in [3.63, 3.8) is 0 Å². The molecule has 1 atom stereocenters. The van der Waals surface area contributed by atoms with Gasteiger partial charge in [-0.1, -0.05) is 24.3 Å². The van der Waals surface area contributed by atoms with Gasteiger partial charge in [-0.15, -0.1) is 0 Å². The summed E-state index contributed by atoms with van der Waals surface area (Å²) in [7, 11) is 0. The number of fused-ring (bicyclic) bond motifs is 2. The number of nitrogens with zero attached hydrogens (tertiary/aromatic N) is 1. The minimum absolute atomic E-state index is 0.178. The molecule has 1 saturated heterocycles. The van der Waals surface area contributed by atoms with Crippen molar-refractivity contribution < 1.29 is 23.9 Å². The normalized spacial score (nSPS) is 17.3. The first-order chi connectivity index (χ1) is 15.1. The maximum atomic E-state index is 12.7. The van der Waals surface area contributed by atoms with Gasteiger partial charge in [-0.3, -0.25) is 14.5 Å². The Labute approximate surface area is 177 Å². The van der Waals surface area contributed by atoms with Crippen molar-refractivity contribution >= 4 is 28.7 Å². The molecule has 0 bridgehead atoms. The molecule has 5 rings (SSSR count). The molecule has 0 spiro atoms. The van der Waals surface area contributed by atoms with Crippen LogP contribution >= 0.6 is 0 Å². The number of nitrogens with one attached hydrogen (secondary N) is 3. The summed E-state index contributed by atoms with van der Waals surface area (Å²) >= 11 is 0. The first-order valence-electron chi connectivity index (χ1n) is 9.90. The average molecular weight is 420 g/mol. The zero-order valence-electron chi connectivity index (χ0n) is 16.5. The highest BCUT2D eigenvalue weighted by atomic mass is 16.7. The monoisotopic (exact) mass is 420 g/mol. The molecule has 31 heavy (non-hydrogen) atoms. The Balaban J connectivity index is 1.19. The topological polar surface area (TPSA) is 113 Å². The molecule has 2 aliphatic heterocycles. The van der Waals surface area contributed by atoms with Gasteiger partial charge in [0.25, 0.3) is 5.91 Å². The van der Waals surface area contributed by atoms with Crippen LogP contribution in [0.2, 0.25) is 0 Å². The SMILES string of the molecule is O=C(CN1C(=O)N[C@@H](Cc2c[nH]c3ccccc23)C1=O)NCc1ccc2c(c1)OCO2. The lowest BCUT2D eigenvalue weighted by Gasteiger charge is -2.13. The third-order valence-electron chi connectivity index (χ3n) is 5.43. The number of amides is 4. The molecule has 0 saturated carbocycles. The Morgan fingerprint density at radius 1 is 1.13 bits per heavy atom. The molecule has 2 aliphatic rings. The van der Waals surface area contributed by atoms with E-state index in [0.29, 0.717) is 17.9 Å². The molecule has 0 radical (unpaired) electrons. The summed E-state index contributed by atoms with van der Waals surface area (Å²) in [5.41, 5.74) is 2.73. The number of imide groups is 1. The van der Waals surface area contributed by atoms with E-state index in [1.165, 1.54) is 0 Å². The fraction of sp³-hybridized carbons (Fsp3) is 0.227. The van der Waals surface area contributed by atoms with Gasteiger partial charge in [0.05, 0.1) is 0 Å². The standard InChI is InChI=1S/C22H20N4O5/c27-20(24-9-13-5-6-18-19(7-13)31-12-30-18)11-26-21(28)17(25-22(26)29)8-14-10-23-16-4-2-1-3-15(14)16/h1-7,10,17,23H,8-9,11-12H2,(H,24,27)(H,25,29)/t17-/m0/s1. The highest BCUT2D eigenvalue weighted by Gasteiger charge is 2.39. The highest BCUT2D eigenvalue weighted by molar-refractivity contribution is 6.06. The van der Waals surface area contributed by atoms with Gasteiger partial charge in [-0.2, -0.15) is 0 Å². The summed E-state index contributed by atoms with van der Waals surface area (Å²) in [5, 5.41) is 6.41. The number of benzene rings is 2. The molecule has 9 heteroatoms. The number of aromatic nitrogens is 1. The van der Waals surface area contributed by atoms with Gasteiger partial charge in [0, 0.05) is 30.1 Å². The van der Waals surface area contributed by atoms with E-state index in [1.807, 2.05) is 36.5 Å². The minimum atomic E-state index is -0.701. The van der Waals surface area contributed by atoms with Crippen LogP contribution in [0, 0.1) is 0 Å². The Kier molecular flexibility index (Phi) is 4.70. The van der Waals surface area contributed by atoms with Crippen LogP contribution in [-0.2, 0) is 22.6 Å². The molecule has 4 amide bonds. The number of carbonyl (C=O) groups excluding carboxylic acids is 3. The van der Waals surface area contributed by atoms with Gasteiger partial charge in [0.15, 0.2) is 11.5 Å². The first-order valence-corrected chi connectivity index (χ1v) is 9.90. The molecule has 3 N–H and O–H groups in total. The molecule has 9 nitrogen and oxygen atoms in total. The number of carbonyl (C=O) groups is 3. The van der Waals surface area contributed by atoms with E-state index in [-0.39, 0.29) is 19.9 Å². The van der Waals surface area contributed by atoms with E-state index in [9.17, 15) is 14.4 Å². The summed E-state index contributed by atoms with van der Waals surface area (Å²) in [5.74, 6) is 0.457. The van der Waals surface area contributed by atoms with Crippen molar-refractivity contribution in [2.45, 2.75) is 19.0 Å². The van der Waals surface area contributed by atoms with Gasteiger partial charge in [-0.05, 0) is 29.3 Å². The van der Waals surface area contributed by atoms with E-state index >= 15 is 0 Å². The van der Waals surface area contributed by atoms with Crippen molar-refractivity contribution in [2.24, 2.45) is 0 Å². The maximum absolute atomic E-state index is 12.7. The second-order valence-corrected chi connectivity index (χ2v) is 7.45. The van der Waals surface area contributed by atoms with Crippen LogP contribution in [0.25, 0.3) is 10.9 Å². The van der Waals surface area contributed by atoms with Gasteiger partial charge in [0.1, 0.15) is 12.6 Å². The molecule has 1 fully saturated rings. The van der Waals surface area contributed by atoms with Crippen LogP contribution in [0.3, 0.4) is 0 Å². The number of aromatic amines is 1. The molecular formula is C22H20N4O5. The Morgan fingerprint density at radius 2 is 1.97 bits per heavy atom. The van der Waals surface area contributed by atoms with E-state index in [4.69, 9.17) is 9.47 Å². The molecule has 2 aromatic carbocycles. The maximum Gasteiger partial charge on any atom is 0.325 e. The van der Waals surface area contributed by atoms with Crippen LogP contribution in [0.4, 0.5) is 4.79 Å². The number of ether oxygens (including phenoxy) is 2. The number of hydrogen-bond donors (Lipinski definition) is 3. The average Bonchev–Trinajstić information content (AvgIpc) is 3.47. The van der Waals surface area contributed by atoms with Crippen LogP contribution < -0.4 is 20.1 Å². The number of rotatable bonds is 6. The zero-order valence-corrected chi connectivity index (χ0v) is 16.5. The zero-order chi connectivity index (χ0) is 21.4. The van der Waals surface area contributed by atoms with Crippen molar-refractivity contribution in [2.75, 3.05) is 13.3 Å². The molecule has 3 heterocycles. The molecule has 0 aliphatic carbocycles. The van der Waals surface area contributed by atoms with Crippen LogP contribution in [0.5, 0.6) is 11.5 Å². The van der Waals surface area contributed by atoms with Gasteiger partial charge < -0.3 is 25.1 Å². The lowest BCUT2D eigenvalue weighted by molar-refractivity contribution is -0.132.